The van der Waals surface area contributed by atoms with Gasteiger partial charge in [-0.3, -0.25) is 4.79 Å². The monoisotopic (exact) mass is 204 g/mol. The van der Waals surface area contributed by atoms with E-state index in [1.54, 1.807) is 0 Å². The van der Waals surface area contributed by atoms with Crippen molar-refractivity contribution in [3.63, 3.8) is 0 Å². The minimum Gasteiger partial charge on any atom is -0.481 e. The van der Waals surface area contributed by atoms with Crippen LogP contribution in [0.2, 0.25) is 0 Å². The quantitative estimate of drug-likeness (QED) is 0.713. The van der Waals surface area contributed by atoms with Gasteiger partial charge in [0.2, 0.25) is 0 Å². The van der Waals surface area contributed by atoms with E-state index in [0.29, 0.717) is 6.42 Å². The van der Waals surface area contributed by atoms with E-state index in [1.807, 2.05) is 6.92 Å². The summed E-state index contributed by atoms with van der Waals surface area (Å²) in [4.78, 5) is 12.7. The van der Waals surface area contributed by atoms with Gasteiger partial charge in [-0.15, -0.1) is 0 Å². The van der Waals surface area contributed by atoms with E-state index >= 15 is 0 Å². The zero-order chi connectivity index (χ0) is 7.98. The molecular weight excluding hydrogens is 196 g/mol. The third-order valence-corrected chi connectivity index (χ3v) is 1.32. The van der Waals surface area contributed by atoms with Crippen LogP contribution in [0.4, 0.5) is 0 Å². The molecule has 0 aliphatic carbocycles. The normalized spacial score (nSPS) is 11.4. The molecule has 0 radical (unpaired) electrons. The van der Waals surface area contributed by atoms with Crippen LogP contribution in [0.15, 0.2) is 0 Å². The second kappa shape index (κ2) is 5.31. The fraction of sp³-hybridized carbons (Fsp3) is 0.571. The Morgan fingerprint density at radius 3 is 2.80 bits per heavy atom. The predicted octanol–water partition coefficient (Wildman–Crippen LogP) is 1.84. The summed E-state index contributed by atoms with van der Waals surface area (Å²) in [5.41, 5.74) is 0. The summed E-state index contributed by atoms with van der Waals surface area (Å²) in [6, 6.07) is 0. The summed E-state index contributed by atoms with van der Waals surface area (Å²) in [5.74, 6) is 2.14. The molecule has 2 nitrogen and oxygen atoms in total. The van der Waals surface area contributed by atoms with Crippen molar-refractivity contribution in [3.8, 4) is 10.8 Å². The Hall–Kier alpha value is -0.490. The molecule has 0 amide bonds. The maximum absolute atomic E-state index is 10.1. The first-order valence-electron chi connectivity index (χ1n) is 2.97. The third-order valence-electron chi connectivity index (χ3n) is 1.04. The van der Waals surface area contributed by atoms with Crippen molar-refractivity contribution < 1.29 is 9.90 Å². The van der Waals surface area contributed by atoms with Gasteiger partial charge in [0.25, 0.3) is 0 Å². The Kier molecular flexibility index (Phi) is 5.05. The van der Waals surface area contributed by atoms with Gasteiger partial charge in [0.15, 0.2) is 0 Å². The van der Waals surface area contributed by atoms with E-state index in [9.17, 15) is 4.79 Å². The minimum atomic E-state index is -0.760. The summed E-state index contributed by atoms with van der Waals surface area (Å²) >= 11 is 2.94. The highest BCUT2D eigenvalue weighted by molar-refractivity contribution is 9.12. The predicted molar refractivity (Wildman–Crippen MR) is 42.7 cm³/mol. The van der Waals surface area contributed by atoms with E-state index in [2.05, 4.69) is 26.7 Å². The molecule has 0 saturated carbocycles. The Morgan fingerprint density at radius 2 is 2.40 bits per heavy atom. The average Bonchev–Trinajstić information content (AvgIpc) is 1.82. The number of halogens is 1. The number of hydrogen-bond acceptors (Lipinski definition) is 1. The molecule has 1 N–H and O–H groups in total. The molecule has 0 heterocycles. The van der Waals surface area contributed by atoms with Gasteiger partial charge in [-0.05, 0) is 10.7 Å². The lowest BCUT2D eigenvalue weighted by atomic mass is 10.1. The van der Waals surface area contributed by atoms with Gasteiger partial charge in [0.1, 0.15) is 0 Å². The van der Waals surface area contributed by atoms with E-state index in [-0.39, 0.29) is 12.3 Å². The second-order valence-electron chi connectivity index (χ2n) is 2.18. The molecule has 1 atom stereocenters. The van der Waals surface area contributed by atoms with Crippen LogP contribution in [0.5, 0.6) is 0 Å². The van der Waals surface area contributed by atoms with Crippen molar-refractivity contribution in [2.24, 2.45) is 5.92 Å². The van der Waals surface area contributed by atoms with Crippen molar-refractivity contribution in [2.75, 3.05) is 0 Å². The SMILES string of the molecule is C[C@@H](CC#CBr)CC(=O)O. The van der Waals surface area contributed by atoms with Gasteiger partial charge < -0.3 is 5.11 Å². The number of rotatable bonds is 3. The van der Waals surface area contributed by atoms with Gasteiger partial charge in [0.05, 0.1) is 0 Å². The molecule has 56 valence electrons. The van der Waals surface area contributed by atoms with E-state index in [0.717, 1.165) is 0 Å². The third kappa shape index (κ3) is 5.64. The van der Waals surface area contributed by atoms with Gasteiger partial charge in [0, 0.05) is 28.8 Å². The first kappa shape index (κ1) is 9.51. The molecule has 0 unspecified atom stereocenters. The van der Waals surface area contributed by atoms with Crippen LogP contribution in [0.1, 0.15) is 19.8 Å². The Balaban J connectivity index is 3.50. The van der Waals surface area contributed by atoms with E-state index < -0.39 is 5.97 Å². The van der Waals surface area contributed by atoms with Crippen molar-refractivity contribution in [1.29, 1.82) is 0 Å². The molecule has 0 aliphatic rings. The molecule has 0 rings (SSSR count). The van der Waals surface area contributed by atoms with Crippen LogP contribution in [0.3, 0.4) is 0 Å². The van der Waals surface area contributed by atoms with Crippen LogP contribution in [-0.4, -0.2) is 11.1 Å². The van der Waals surface area contributed by atoms with Crippen molar-refractivity contribution in [1.82, 2.24) is 0 Å². The fourth-order valence-electron chi connectivity index (χ4n) is 0.583. The summed E-state index contributed by atoms with van der Waals surface area (Å²) < 4.78 is 0. The molecule has 0 bridgehead atoms. The van der Waals surface area contributed by atoms with Gasteiger partial charge in [-0.1, -0.05) is 12.8 Å². The van der Waals surface area contributed by atoms with Crippen LogP contribution < -0.4 is 0 Å². The molecule has 0 aromatic rings. The number of carboxylic acid groups (broad SMARTS) is 1. The molecule has 0 aliphatic heterocycles. The zero-order valence-corrected chi connectivity index (χ0v) is 7.31. The van der Waals surface area contributed by atoms with Crippen molar-refractivity contribution in [3.05, 3.63) is 0 Å². The maximum atomic E-state index is 10.1. The van der Waals surface area contributed by atoms with Crippen molar-refractivity contribution >= 4 is 21.9 Å². The maximum Gasteiger partial charge on any atom is 0.303 e. The largest absolute Gasteiger partial charge is 0.481 e. The molecule has 10 heavy (non-hydrogen) atoms. The highest BCUT2D eigenvalue weighted by atomic mass is 79.9. The van der Waals surface area contributed by atoms with E-state index in [4.69, 9.17) is 5.11 Å². The summed E-state index contributed by atoms with van der Waals surface area (Å²) in [5, 5.41) is 8.32. The Labute approximate surface area is 68.8 Å². The molecule has 3 heteroatoms. The Morgan fingerprint density at radius 1 is 1.80 bits per heavy atom. The van der Waals surface area contributed by atoms with Gasteiger partial charge >= 0.3 is 5.97 Å². The highest BCUT2D eigenvalue weighted by Gasteiger charge is 2.04. The van der Waals surface area contributed by atoms with E-state index in [1.165, 1.54) is 0 Å². The first-order valence-corrected chi connectivity index (χ1v) is 3.76. The fourth-order valence-corrected chi connectivity index (χ4v) is 0.745. The summed E-state index contributed by atoms with van der Waals surface area (Å²) in [6.45, 7) is 1.87. The summed E-state index contributed by atoms with van der Waals surface area (Å²) in [6.07, 6.45) is 0.833. The number of hydrogen-bond donors (Lipinski definition) is 1. The van der Waals surface area contributed by atoms with Crippen LogP contribution in [-0.2, 0) is 4.79 Å². The first-order chi connectivity index (χ1) is 4.66. The lowest BCUT2D eigenvalue weighted by Crippen LogP contribution is -2.02. The number of carboxylic acids is 1. The lowest BCUT2D eigenvalue weighted by molar-refractivity contribution is -0.137. The van der Waals surface area contributed by atoms with Crippen LogP contribution in [0, 0.1) is 16.7 Å². The average molecular weight is 205 g/mol. The standard InChI is InChI=1S/C7H9BrO2/c1-6(3-2-4-8)5-7(9)10/h6H,3,5H2,1H3,(H,9,10)/t6-/m0/s1. The molecular formula is C7H9BrO2. The van der Waals surface area contributed by atoms with Crippen molar-refractivity contribution in [2.45, 2.75) is 19.8 Å². The van der Waals surface area contributed by atoms with Crippen LogP contribution >= 0.6 is 15.9 Å². The smallest absolute Gasteiger partial charge is 0.303 e. The molecule has 0 spiro atoms. The number of aliphatic carboxylic acids is 1. The van der Waals surface area contributed by atoms with Crippen LogP contribution in [0.25, 0.3) is 0 Å². The molecule has 0 fully saturated rings. The second-order valence-corrected chi connectivity index (χ2v) is 2.57. The molecule has 0 aromatic heterocycles. The summed E-state index contributed by atoms with van der Waals surface area (Å²) in [7, 11) is 0. The van der Waals surface area contributed by atoms with Gasteiger partial charge in [-0.25, -0.2) is 0 Å². The molecule has 0 aromatic carbocycles. The minimum absolute atomic E-state index is 0.141. The molecule has 0 saturated heterocycles. The zero-order valence-electron chi connectivity index (χ0n) is 5.72. The topological polar surface area (TPSA) is 37.3 Å². The Bertz CT molecular complexity index is 166. The number of carbonyl (C=O) groups is 1. The van der Waals surface area contributed by atoms with Gasteiger partial charge in [-0.2, -0.15) is 0 Å². The highest BCUT2D eigenvalue weighted by Crippen LogP contribution is 2.05. The lowest BCUT2D eigenvalue weighted by Gasteiger charge is -2.00.